The van der Waals surface area contributed by atoms with Crippen LogP contribution in [0.2, 0.25) is 0 Å². The van der Waals surface area contributed by atoms with Crippen LogP contribution in [0.5, 0.6) is 0 Å². The van der Waals surface area contributed by atoms with Gasteiger partial charge in [0.25, 0.3) is 0 Å². The van der Waals surface area contributed by atoms with E-state index in [4.69, 9.17) is 5.73 Å². The highest BCUT2D eigenvalue weighted by Gasteiger charge is 2.10. The number of halogens is 1. The number of nitrogens with two attached hydrogens (primary N) is 1. The van der Waals surface area contributed by atoms with Crippen LogP contribution in [0.15, 0.2) is 59.1 Å². The zero-order valence-electron chi connectivity index (χ0n) is 23.0. The van der Waals surface area contributed by atoms with Crippen molar-refractivity contribution in [3.63, 3.8) is 0 Å². The molecule has 1 aromatic heterocycles. The van der Waals surface area contributed by atoms with Gasteiger partial charge in [0.05, 0.1) is 13.6 Å². The van der Waals surface area contributed by atoms with E-state index in [1.807, 2.05) is 14.0 Å². The number of carbonyl (C=O) groups is 1. The van der Waals surface area contributed by atoms with Gasteiger partial charge in [-0.1, -0.05) is 40.5 Å². The van der Waals surface area contributed by atoms with Gasteiger partial charge in [-0.25, -0.2) is 9.13 Å². The van der Waals surface area contributed by atoms with E-state index in [1.165, 1.54) is 22.4 Å². The number of allylic oxidation sites excluding steroid dienone is 7. The van der Waals surface area contributed by atoms with E-state index in [0.29, 0.717) is 13.1 Å². The van der Waals surface area contributed by atoms with Gasteiger partial charge in [-0.3, -0.25) is 4.79 Å². The molecule has 0 unspecified atom stereocenters. The fourth-order valence-electron chi connectivity index (χ4n) is 3.80. The first-order valence-corrected chi connectivity index (χ1v) is 12.8. The number of imidazole rings is 1. The molecule has 1 aromatic rings. The summed E-state index contributed by atoms with van der Waals surface area (Å²) in [6, 6.07) is 0. The molecule has 1 heterocycles. The normalized spacial score (nSPS) is 12.4. The lowest BCUT2D eigenvalue weighted by molar-refractivity contribution is -0.696. The maximum absolute atomic E-state index is 12.3. The Morgan fingerprint density at radius 1 is 0.971 bits per heavy atom. The first-order valence-electron chi connectivity index (χ1n) is 12.8. The first-order chi connectivity index (χ1) is 16.2. The van der Waals surface area contributed by atoms with Crippen molar-refractivity contribution >= 4 is 5.91 Å². The molecule has 0 fully saturated rings. The van der Waals surface area contributed by atoms with Gasteiger partial charge in [0.1, 0.15) is 11.9 Å². The molecule has 1 amide bonds. The summed E-state index contributed by atoms with van der Waals surface area (Å²) in [5, 5.41) is 3.02. The molecule has 0 radical (unpaired) electrons. The Morgan fingerprint density at radius 2 is 1.54 bits per heavy atom. The summed E-state index contributed by atoms with van der Waals surface area (Å²) in [6.07, 6.45) is 21.1. The molecule has 0 saturated carbocycles. The van der Waals surface area contributed by atoms with Crippen molar-refractivity contribution in [2.45, 2.75) is 92.5 Å². The van der Waals surface area contributed by atoms with Crippen molar-refractivity contribution in [3.8, 4) is 0 Å². The van der Waals surface area contributed by atoms with Gasteiger partial charge in [0.15, 0.2) is 0 Å². The number of aromatic nitrogens is 2. The lowest BCUT2D eigenvalue weighted by Gasteiger charge is -2.04. The highest BCUT2D eigenvalue weighted by atomic mass is 35.5. The van der Waals surface area contributed by atoms with Crippen LogP contribution in [-0.2, 0) is 24.8 Å². The second kappa shape index (κ2) is 19.1. The largest absolute Gasteiger partial charge is 1.00 e. The highest BCUT2D eigenvalue weighted by molar-refractivity contribution is 5.88. The van der Waals surface area contributed by atoms with Crippen LogP contribution < -0.4 is 28.0 Å². The van der Waals surface area contributed by atoms with Crippen molar-refractivity contribution in [2.75, 3.05) is 13.1 Å². The highest BCUT2D eigenvalue weighted by Crippen LogP contribution is 2.13. The third kappa shape index (κ3) is 16.2. The van der Waals surface area contributed by atoms with Crippen LogP contribution in [0.25, 0.3) is 0 Å². The summed E-state index contributed by atoms with van der Waals surface area (Å²) >= 11 is 0. The maximum atomic E-state index is 12.3. The molecule has 0 atom stereocenters. The number of nitrogens with zero attached hydrogens (tertiary/aromatic N) is 2. The average molecular weight is 505 g/mol. The molecular formula is C29H49ClN4O. The van der Waals surface area contributed by atoms with E-state index < -0.39 is 0 Å². The Hall–Kier alpha value is -2.11. The molecule has 198 valence electrons. The van der Waals surface area contributed by atoms with Gasteiger partial charge in [0, 0.05) is 19.0 Å². The molecule has 3 N–H and O–H groups in total. The number of hydrogen-bond donors (Lipinski definition) is 2. The minimum Gasteiger partial charge on any atom is -1.00 e. The third-order valence-corrected chi connectivity index (χ3v) is 5.92. The van der Waals surface area contributed by atoms with Crippen LogP contribution in [0.1, 0.15) is 85.3 Å². The average Bonchev–Trinajstić information content (AvgIpc) is 3.11. The number of nitrogens with one attached hydrogen (secondary N) is 1. The molecule has 0 aliphatic rings. The molecule has 6 heteroatoms. The zero-order valence-corrected chi connectivity index (χ0v) is 23.8. The Morgan fingerprint density at radius 3 is 2.11 bits per heavy atom. The SMILES string of the molecule is CC(C)=CCC/C(C)=C/CC/C(C)=C/CC/C(C)=C/C(=O)NCCc1c[n+](CCCN)cn1C.[Cl-]. The minimum atomic E-state index is -0.00265. The maximum Gasteiger partial charge on any atom is 0.243 e. The molecule has 0 aliphatic heterocycles. The lowest BCUT2D eigenvalue weighted by Crippen LogP contribution is -3.00. The summed E-state index contributed by atoms with van der Waals surface area (Å²) in [4.78, 5) is 12.3. The smallest absolute Gasteiger partial charge is 0.243 e. The molecule has 0 aliphatic carbocycles. The van der Waals surface area contributed by atoms with E-state index in [0.717, 1.165) is 63.5 Å². The Bertz CT molecular complexity index is 873. The molecule has 35 heavy (non-hydrogen) atoms. The molecule has 1 rings (SSSR count). The Balaban J connectivity index is 0.0000116. The monoisotopic (exact) mass is 504 g/mol. The summed E-state index contributed by atoms with van der Waals surface area (Å²) < 4.78 is 4.27. The molecular weight excluding hydrogens is 456 g/mol. The van der Waals surface area contributed by atoms with Crippen molar-refractivity contribution in [3.05, 3.63) is 64.8 Å². The number of hydrogen-bond acceptors (Lipinski definition) is 2. The van der Waals surface area contributed by atoms with Crippen LogP contribution in [0.3, 0.4) is 0 Å². The number of aryl methyl sites for hydroxylation is 2. The summed E-state index contributed by atoms with van der Waals surface area (Å²) in [5.41, 5.74) is 12.2. The van der Waals surface area contributed by atoms with Gasteiger partial charge in [-0.2, -0.15) is 0 Å². The molecule has 0 saturated heterocycles. The second-order valence-corrected chi connectivity index (χ2v) is 9.76. The van der Waals surface area contributed by atoms with Crippen LogP contribution in [0, 0.1) is 0 Å². The van der Waals surface area contributed by atoms with Crippen molar-refractivity contribution < 1.29 is 21.8 Å². The Kier molecular flexibility index (Phi) is 18.0. The van der Waals surface area contributed by atoms with Crippen molar-refractivity contribution in [2.24, 2.45) is 12.8 Å². The fraction of sp³-hybridized carbons (Fsp3) is 0.586. The number of amides is 1. The topological polar surface area (TPSA) is 63.9 Å². The second-order valence-electron chi connectivity index (χ2n) is 9.76. The van der Waals surface area contributed by atoms with Crippen LogP contribution in [0.4, 0.5) is 0 Å². The van der Waals surface area contributed by atoms with E-state index in [1.54, 1.807) is 6.08 Å². The van der Waals surface area contributed by atoms with Gasteiger partial charge in [0.2, 0.25) is 12.2 Å². The van der Waals surface area contributed by atoms with Gasteiger partial charge < -0.3 is 23.5 Å². The zero-order chi connectivity index (χ0) is 25.3. The fourth-order valence-corrected chi connectivity index (χ4v) is 3.80. The molecule has 0 spiro atoms. The summed E-state index contributed by atoms with van der Waals surface area (Å²) in [6.45, 7) is 13.1. The molecule has 0 aromatic carbocycles. The first kappa shape index (κ1) is 32.9. The lowest BCUT2D eigenvalue weighted by atomic mass is 10.0. The van der Waals surface area contributed by atoms with Crippen LogP contribution >= 0.6 is 0 Å². The standard InChI is InChI=1S/C29H48N4O.ClH/c1-24(2)11-7-12-25(3)13-8-14-26(4)15-9-16-27(5)21-29(34)31-19-17-28-22-33(20-10-18-30)23-32(28)6;/h11,13,15,21-23H,7-10,12,14,16-20,30H2,1-6H3;1H/b25-13+,26-15+,27-21+;. The van der Waals surface area contributed by atoms with E-state index >= 15 is 0 Å². The van der Waals surface area contributed by atoms with Crippen molar-refractivity contribution in [1.29, 1.82) is 0 Å². The Labute approximate surface area is 220 Å². The predicted octanol–water partition coefficient (Wildman–Crippen LogP) is 2.47. The van der Waals surface area contributed by atoms with E-state index in [9.17, 15) is 4.79 Å². The van der Waals surface area contributed by atoms with Crippen molar-refractivity contribution in [1.82, 2.24) is 9.88 Å². The van der Waals surface area contributed by atoms with Gasteiger partial charge in [-0.15, -0.1) is 0 Å². The van der Waals surface area contributed by atoms with E-state index in [2.05, 4.69) is 72.9 Å². The predicted molar refractivity (Wildman–Crippen MR) is 144 cm³/mol. The quantitative estimate of drug-likeness (QED) is 0.206. The molecule has 0 bridgehead atoms. The number of carbonyl (C=O) groups excluding carboxylic acids is 1. The third-order valence-electron chi connectivity index (χ3n) is 5.92. The van der Waals surface area contributed by atoms with Gasteiger partial charge in [-0.05, 0) is 86.1 Å². The number of rotatable bonds is 16. The van der Waals surface area contributed by atoms with Crippen LogP contribution in [-0.4, -0.2) is 23.6 Å². The molecule has 5 nitrogen and oxygen atoms in total. The minimum absolute atomic E-state index is 0. The van der Waals surface area contributed by atoms with Gasteiger partial charge >= 0.3 is 0 Å². The summed E-state index contributed by atoms with van der Waals surface area (Å²) in [7, 11) is 2.04. The van der Waals surface area contributed by atoms with E-state index in [-0.39, 0.29) is 18.3 Å². The summed E-state index contributed by atoms with van der Waals surface area (Å²) in [5.74, 6) is -0.00265.